The minimum absolute atomic E-state index is 0.0436. The largest absolute Gasteiger partial charge is 0.573 e. The first kappa shape index (κ1) is 16.6. The van der Waals surface area contributed by atoms with Crippen molar-refractivity contribution in [2.75, 3.05) is 5.32 Å². The van der Waals surface area contributed by atoms with E-state index < -0.39 is 6.36 Å². The summed E-state index contributed by atoms with van der Waals surface area (Å²) in [5, 5.41) is 2.67. The number of rotatable bonds is 4. The summed E-state index contributed by atoms with van der Waals surface area (Å²) < 4.78 is 39.9. The highest BCUT2D eigenvalue weighted by Gasteiger charge is 2.31. The van der Waals surface area contributed by atoms with E-state index in [1.807, 2.05) is 0 Å². The quantitative estimate of drug-likeness (QED) is 0.894. The topological polar surface area (TPSA) is 64.4 Å². The number of hydrogen-bond acceptors (Lipinski definition) is 3. The lowest BCUT2D eigenvalue weighted by Crippen LogP contribution is -2.35. The van der Waals surface area contributed by atoms with Crippen molar-refractivity contribution in [3.8, 4) is 5.75 Å². The van der Waals surface area contributed by atoms with Crippen LogP contribution < -0.4 is 15.8 Å². The standard InChI is InChI=1S/C15H19F3N2O2/c16-15(17,18)22-12-7-5-11(6-8-12)20-14(21)9-10-3-1-2-4-13(10)19/h5-8,10,13H,1-4,9,19H2,(H,20,21). The number of amides is 1. The van der Waals surface area contributed by atoms with Crippen molar-refractivity contribution in [1.29, 1.82) is 0 Å². The molecule has 0 aromatic heterocycles. The van der Waals surface area contributed by atoms with Gasteiger partial charge in [0.25, 0.3) is 0 Å². The third-order valence-corrected chi connectivity index (χ3v) is 3.79. The van der Waals surface area contributed by atoms with Crippen molar-refractivity contribution in [2.45, 2.75) is 44.5 Å². The fourth-order valence-electron chi connectivity index (χ4n) is 2.68. The minimum Gasteiger partial charge on any atom is -0.406 e. The van der Waals surface area contributed by atoms with E-state index in [0.717, 1.165) is 37.8 Å². The Labute approximate surface area is 126 Å². The highest BCUT2D eigenvalue weighted by atomic mass is 19.4. The first-order valence-electron chi connectivity index (χ1n) is 7.25. The summed E-state index contributed by atoms with van der Waals surface area (Å²) >= 11 is 0. The lowest BCUT2D eigenvalue weighted by Gasteiger charge is -2.27. The summed E-state index contributed by atoms with van der Waals surface area (Å²) in [7, 11) is 0. The number of ether oxygens (including phenoxy) is 1. The second-order valence-electron chi connectivity index (χ2n) is 5.53. The van der Waals surface area contributed by atoms with Crippen molar-refractivity contribution in [1.82, 2.24) is 0 Å². The van der Waals surface area contributed by atoms with Crippen LogP contribution in [-0.4, -0.2) is 18.3 Å². The summed E-state index contributed by atoms with van der Waals surface area (Å²) in [5.41, 5.74) is 6.43. The smallest absolute Gasteiger partial charge is 0.406 e. The van der Waals surface area contributed by atoms with Gasteiger partial charge in [-0.05, 0) is 43.0 Å². The van der Waals surface area contributed by atoms with Crippen molar-refractivity contribution in [3.63, 3.8) is 0 Å². The van der Waals surface area contributed by atoms with E-state index >= 15 is 0 Å². The molecule has 1 fully saturated rings. The van der Waals surface area contributed by atoms with Gasteiger partial charge in [-0.25, -0.2) is 0 Å². The van der Waals surface area contributed by atoms with Crippen LogP contribution in [0.3, 0.4) is 0 Å². The van der Waals surface area contributed by atoms with E-state index in [2.05, 4.69) is 10.1 Å². The molecular weight excluding hydrogens is 297 g/mol. The molecule has 7 heteroatoms. The Kier molecular flexibility index (Phi) is 5.28. The summed E-state index contributed by atoms with van der Waals surface area (Å²) in [6.07, 6.45) is -0.340. The van der Waals surface area contributed by atoms with Gasteiger partial charge in [0, 0.05) is 18.2 Å². The monoisotopic (exact) mass is 316 g/mol. The number of nitrogens with one attached hydrogen (secondary N) is 1. The summed E-state index contributed by atoms with van der Waals surface area (Å²) in [4.78, 5) is 12.0. The van der Waals surface area contributed by atoms with Gasteiger partial charge in [-0.1, -0.05) is 12.8 Å². The molecule has 0 saturated heterocycles. The molecule has 3 N–H and O–H groups in total. The maximum Gasteiger partial charge on any atom is 0.573 e. The molecule has 2 rings (SSSR count). The van der Waals surface area contributed by atoms with Crippen LogP contribution in [0, 0.1) is 5.92 Å². The van der Waals surface area contributed by atoms with Gasteiger partial charge in [0.2, 0.25) is 5.91 Å². The Hall–Kier alpha value is -1.76. The maximum absolute atomic E-state index is 12.0. The third-order valence-electron chi connectivity index (χ3n) is 3.79. The van der Waals surface area contributed by atoms with Crippen LogP contribution in [0.5, 0.6) is 5.75 Å². The fraction of sp³-hybridized carbons (Fsp3) is 0.533. The Balaban J connectivity index is 1.86. The molecule has 1 amide bonds. The molecule has 22 heavy (non-hydrogen) atoms. The molecule has 122 valence electrons. The Bertz CT molecular complexity index is 503. The van der Waals surface area contributed by atoms with Gasteiger partial charge in [0.1, 0.15) is 5.75 Å². The van der Waals surface area contributed by atoms with E-state index in [9.17, 15) is 18.0 Å². The number of nitrogens with two attached hydrogens (primary N) is 1. The van der Waals surface area contributed by atoms with Crippen molar-refractivity contribution >= 4 is 11.6 Å². The zero-order valence-electron chi connectivity index (χ0n) is 12.0. The van der Waals surface area contributed by atoms with Crippen LogP contribution in [0.25, 0.3) is 0 Å². The average molecular weight is 316 g/mol. The molecule has 2 atom stereocenters. The number of anilines is 1. The summed E-state index contributed by atoms with van der Waals surface area (Å²) in [6.45, 7) is 0. The predicted octanol–water partition coefficient (Wildman–Crippen LogP) is 3.43. The summed E-state index contributed by atoms with van der Waals surface area (Å²) in [6, 6.07) is 5.12. The van der Waals surface area contributed by atoms with Crippen molar-refractivity contribution in [2.24, 2.45) is 11.7 Å². The molecule has 1 aromatic rings. The van der Waals surface area contributed by atoms with Crippen LogP contribution in [0.1, 0.15) is 32.1 Å². The number of alkyl halides is 3. The molecule has 0 bridgehead atoms. The second-order valence-corrected chi connectivity index (χ2v) is 5.53. The fourth-order valence-corrected chi connectivity index (χ4v) is 2.68. The van der Waals surface area contributed by atoms with E-state index in [-0.39, 0.29) is 23.6 Å². The van der Waals surface area contributed by atoms with Gasteiger partial charge in [-0.3, -0.25) is 4.79 Å². The second kappa shape index (κ2) is 7.00. The minimum atomic E-state index is -4.72. The molecular formula is C15H19F3N2O2. The molecule has 0 heterocycles. The number of benzene rings is 1. The van der Waals surface area contributed by atoms with E-state index in [1.54, 1.807) is 0 Å². The zero-order valence-corrected chi connectivity index (χ0v) is 12.0. The van der Waals surface area contributed by atoms with Gasteiger partial charge in [-0.15, -0.1) is 13.2 Å². The number of hydrogen-bond donors (Lipinski definition) is 2. The number of carbonyl (C=O) groups is 1. The predicted molar refractivity (Wildman–Crippen MR) is 76.3 cm³/mol. The first-order valence-corrected chi connectivity index (χ1v) is 7.25. The van der Waals surface area contributed by atoms with E-state index in [4.69, 9.17) is 5.73 Å². The highest BCUT2D eigenvalue weighted by Crippen LogP contribution is 2.27. The molecule has 0 aliphatic heterocycles. The van der Waals surface area contributed by atoms with Crippen molar-refractivity contribution in [3.05, 3.63) is 24.3 Å². The van der Waals surface area contributed by atoms with Crippen LogP contribution in [0.15, 0.2) is 24.3 Å². The molecule has 0 radical (unpaired) electrons. The lowest BCUT2D eigenvalue weighted by atomic mass is 9.83. The molecule has 1 aliphatic carbocycles. The van der Waals surface area contributed by atoms with Gasteiger partial charge in [0.05, 0.1) is 0 Å². The number of carbonyl (C=O) groups excluding carboxylic acids is 1. The maximum atomic E-state index is 12.0. The lowest BCUT2D eigenvalue weighted by molar-refractivity contribution is -0.274. The van der Waals surface area contributed by atoms with Gasteiger partial charge in [-0.2, -0.15) is 0 Å². The Morgan fingerprint density at radius 2 is 1.86 bits per heavy atom. The molecule has 1 saturated carbocycles. The van der Waals surface area contributed by atoms with Crippen LogP contribution in [0.2, 0.25) is 0 Å². The zero-order chi connectivity index (χ0) is 16.2. The van der Waals surface area contributed by atoms with Crippen LogP contribution in [-0.2, 0) is 4.79 Å². The van der Waals surface area contributed by atoms with Gasteiger partial charge in [0.15, 0.2) is 0 Å². The highest BCUT2D eigenvalue weighted by molar-refractivity contribution is 5.90. The van der Waals surface area contributed by atoms with Crippen LogP contribution in [0.4, 0.5) is 18.9 Å². The first-order chi connectivity index (χ1) is 10.3. The molecule has 0 spiro atoms. The third kappa shape index (κ3) is 5.22. The summed E-state index contributed by atoms with van der Waals surface area (Å²) in [5.74, 6) is -0.326. The van der Waals surface area contributed by atoms with Gasteiger partial charge >= 0.3 is 6.36 Å². The van der Waals surface area contributed by atoms with E-state index in [0.29, 0.717) is 12.1 Å². The Morgan fingerprint density at radius 3 is 2.45 bits per heavy atom. The van der Waals surface area contributed by atoms with Crippen LogP contribution >= 0.6 is 0 Å². The molecule has 2 unspecified atom stereocenters. The normalized spacial score (nSPS) is 22.2. The average Bonchev–Trinajstić information content (AvgIpc) is 2.42. The van der Waals surface area contributed by atoms with Crippen molar-refractivity contribution < 1.29 is 22.7 Å². The van der Waals surface area contributed by atoms with E-state index in [1.165, 1.54) is 12.1 Å². The SMILES string of the molecule is NC1CCCCC1CC(=O)Nc1ccc(OC(F)(F)F)cc1. The van der Waals surface area contributed by atoms with Gasteiger partial charge < -0.3 is 15.8 Å². The molecule has 1 aliphatic rings. The molecule has 1 aromatic carbocycles. The number of halogens is 3. The molecule has 4 nitrogen and oxygen atoms in total. The Morgan fingerprint density at radius 1 is 1.23 bits per heavy atom.